The van der Waals surface area contributed by atoms with E-state index < -0.39 is 14.8 Å². The van der Waals surface area contributed by atoms with Gasteiger partial charge >= 0.3 is 0 Å². The minimum Gasteiger partial charge on any atom is -0.506 e. The van der Waals surface area contributed by atoms with Gasteiger partial charge in [0.15, 0.2) is 11.5 Å². The zero-order valence-corrected chi connectivity index (χ0v) is 12.3. The van der Waals surface area contributed by atoms with Gasteiger partial charge in [0, 0.05) is 23.2 Å². The summed E-state index contributed by atoms with van der Waals surface area (Å²) in [4.78, 5) is 0. The van der Waals surface area contributed by atoms with E-state index in [1.165, 1.54) is 0 Å². The Bertz CT molecular complexity index is 572. The zero-order valence-electron chi connectivity index (χ0n) is 9.15. The molecule has 0 amide bonds. The molecule has 8 heteroatoms. The quantitative estimate of drug-likeness (QED) is 0.823. The van der Waals surface area contributed by atoms with Gasteiger partial charge < -0.3 is 14.6 Å². The molecule has 0 spiro atoms. The summed E-state index contributed by atoms with van der Waals surface area (Å²) in [5.41, 5.74) is 0.108. The predicted molar refractivity (Wildman–Crippen MR) is 69.9 cm³/mol. The topological polar surface area (TPSA) is 72.8 Å². The molecule has 2 rings (SSSR count). The maximum absolute atomic E-state index is 11.2. The van der Waals surface area contributed by atoms with E-state index in [2.05, 4.69) is 15.9 Å². The molecule has 0 fully saturated rings. The number of hydrogen-bond acceptors (Lipinski definition) is 5. The summed E-state index contributed by atoms with van der Waals surface area (Å²) in [6.07, 6.45) is 0.681. The fourth-order valence-electron chi connectivity index (χ4n) is 1.64. The van der Waals surface area contributed by atoms with E-state index in [0.717, 1.165) is 0 Å². The first-order chi connectivity index (χ1) is 8.38. The van der Waals surface area contributed by atoms with Gasteiger partial charge in [-0.2, -0.15) is 0 Å². The molecule has 1 aromatic carbocycles. The second-order valence-corrected chi connectivity index (χ2v) is 7.38. The Morgan fingerprint density at radius 1 is 1.39 bits per heavy atom. The van der Waals surface area contributed by atoms with Crippen molar-refractivity contribution in [1.29, 1.82) is 0 Å². The second kappa shape index (κ2) is 5.14. The van der Waals surface area contributed by atoms with E-state index in [9.17, 15) is 13.5 Å². The Hall–Kier alpha value is -0.660. The van der Waals surface area contributed by atoms with Crippen LogP contribution in [0.3, 0.4) is 0 Å². The van der Waals surface area contributed by atoms with Crippen molar-refractivity contribution in [3.63, 3.8) is 0 Å². The highest BCUT2D eigenvalue weighted by molar-refractivity contribution is 9.10. The van der Waals surface area contributed by atoms with Gasteiger partial charge in [-0.15, -0.1) is 0 Å². The summed E-state index contributed by atoms with van der Waals surface area (Å²) < 4.78 is 33.6. The highest BCUT2D eigenvalue weighted by atomic mass is 79.9. The highest BCUT2D eigenvalue weighted by Crippen LogP contribution is 2.44. The van der Waals surface area contributed by atoms with E-state index in [-0.39, 0.29) is 17.1 Å². The molecular formula is C10H10BrClO5S. The number of aromatic hydroxyl groups is 1. The molecule has 0 saturated heterocycles. The fourth-order valence-corrected chi connectivity index (χ4v) is 3.02. The summed E-state index contributed by atoms with van der Waals surface area (Å²) in [5, 5.41) is 9.90. The van der Waals surface area contributed by atoms with Crippen molar-refractivity contribution in [2.75, 3.05) is 13.2 Å². The lowest BCUT2D eigenvalue weighted by Crippen LogP contribution is -2.02. The SMILES string of the molecule is O=S(=O)(Cl)Cc1c(O)c(Br)cc2c1OCCCO2. The maximum atomic E-state index is 11.2. The molecule has 18 heavy (non-hydrogen) atoms. The lowest BCUT2D eigenvalue weighted by atomic mass is 10.2. The number of phenols is 1. The van der Waals surface area contributed by atoms with Crippen LogP contribution in [0.4, 0.5) is 0 Å². The van der Waals surface area contributed by atoms with Gasteiger partial charge in [-0.3, -0.25) is 0 Å². The lowest BCUT2D eigenvalue weighted by molar-refractivity contribution is 0.296. The smallest absolute Gasteiger partial charge is 0.237 e. The van der Waals surface area contributed by atoms with E-state index in [1.807, 2.05) is 0 Å². The van der Waals surface area contributed by atoms with Crippen LogP contribution in [-0.2, 0) is 14.8 Å². The number of halogens is 2. The van der Waals surface area contributed by atoms with Crippen LogP contribution < -0.4 is 9.47 Å². The second-order valence-electron chi connectivity index (χ2n) is 3.75. The number of fused-ring (bicyclic) bond motifs is 1. The molecule has 0 atom stereocenters. The van der Waals surface area contributed by atoms with Crippen molar-refractivity contribution in [2.24, 2.45) is 0 Å². The zero-order chi connectivity index (χ0) is 13.3. The van der Waals surface area contributed by atoms with Gasteiger partial charge in [0.05, 0.1) is 29.0 Å². The third-order valence-corrected chi connectivity index (χ3v) is 3.94. The molecule has 5 nitrogen and oxygen atoms in total. The minimum absolute atomic E-state index is 0.108. The third kappa shape index (κ3) is 3.02. The summed E-state index contributed by atoms with van der Waals surface area (Å²) in [5.74, 6) is -0.0979. The lowest BCUT2D eigenvalue weighted by Gasteiger charge is -2.14. The molecule has 1 aliphatic rings. The van der Waals surface area contributed by atoms with Gasteiger partial charge in [0.2, 0.25) is 9.05 Å². The monoisotopic (exact) mass is 356 g/mol. The summed E-state index contributed by atoms with van der Waals surface area (Å²) in [6, 6.07) is 1.54. The standard InChI is InChI=1S/C10H10BrClO5S/c11-7-4-8-10(17-3-1-2-16-8)6(9(7)13)5-18(12,14)15/h4,13H,1-3,5H2. The third-order valence-electron chi connectivity index (χ3n) is 2.38. The molecule has 0 unspecified atom stereocenters. The predicted octanol–water partition coefficient (Wildman–Crippen LogP) is 2.38. The first-order valence-corrected chi connectivity index (χ1v) is 8.38. The number of phenolic OH excluding ortho intramolecular Hbond substituents is 1. The van der Waals surface area contributed by atoms with Crippen molar-refractivity contribution < 1.29 is 23.0 Å². The van der Waals surface area contributed by atoms with Gasteiger partial charge in [-0.25, -0.2) is 8.42 Å². The van der Waals surface area contributed by atoms with Crippen LogP contribution >= 0.6 is 26.6 Å². The first kappa shape index (κ1) is 13.8. The molecule has 0 aromatic heterocycles. The number of hydrogen-bond donors (Lipinski definition) is 1. The van der Waals surface area contributed by atoms with Crippen molar-refractivity contribution in [3.05, 3.63) is 16.1 Å². The summed E-state index contributed by atoms with van der Waals surface area (Å²) in [6.45, 7) is 0.862. The van der Waals surface area contributed by atoms with E-state index >= 15 is 0 Å². The number of rotatable bonds is 2. The number of benzene rings is 1. The van der Waals surface area contributed by atoms with Gasteiger partial charge in [-0.1, -0.05) is 0 Å². The average Bonchev–Trinajstić information content (AvgIpc) is 2.48. The normalized spacial score (nSPS) is 15.2. The maximum Gasteiger partial charge on any atom is 0.237 e. The van der Waals surface area contributed by atoms with Crippen molar-refractivity contribution in [3.8, 4) is 17.2 Å². The van der Waals surface area contributed by atoms with Crippen LogP contribution in [0.2, 0.25) is 0 Å². The number of ether oxygens (including phenoxy) is 2. The van der Waals surface area contributed by atoms with Crippen LogP contribution in [0.25, 0.3) is 0 Å². The molecule has 1 aromatic rings. The first-order valence-electron chi connectivity index (χ1n) is 5.11. The van der Waals surface area contributed by atoms with Crippen LogP contribution in [0.15, 0.2) is 10.5 Å². The molecule has 1 N–H and O–H groups in total. The average molecular weight is 358 g/mol. The van der Waals surface area contributed by atoms with Crippen LogP contribution in [-0.4, -0.2) is 26.7 Å². The Kier molecular flexibility index (Phi) is 3.93. The van der Waals surface area contributed by atoms with E-state index in [4.69, 9.17) is 20.2 Å². The van der Waals surface area contributed by atoms with Crippen molar-refractivity contribution in [1.82, 2.24) is 0 Å². The molecule has 1 heterocycles. The highest BCUT2D eigenvalue weighted by Gasteiger charge is 2.24. The van der Waals surface area contributed by atoms with E-state index in [0.29, 0.717) is 29.9 Å². The van der Waals surface area contributed by atoms with Gasteiger partial charge in [-0.05, 0) is 15.9 Å². The minimum atomic E-state index is -3.81. The summed E-state index contributed by atoms with van der Waals surface area (Å²) in [7, 11) is 1.42. The van der Waals surface area contributed by atoms with Gasteiger partial charge in [0.25, 0.3) is 0 Å². The molecule has 100 valence electrons. The Morgan fingerprint density at radius 2 is 2.06 bits per heavy atom. The van der Waals surface area contributed by atoms with E-state index in [1.54, 1.807) is 6.07 Å². The molecule has 0 bridgehead atoms. The van der Waals surface area contributed by atoms with Crippen LogP contribution in [0.5, 0.6) is 17.2 Å². The molecule has 0 aliphatic carbocycles. The molecular weight excluding hydrogens is 348 g/mol. The Balaban J connectivity index is 2.58. The Morgan fingerprint density at radius 3 is 2.72 bits per heavy atom. The summed E-state index contributed by atoms with van der Waals surface area (Å²) >= 11 is 3.13. The van der Waals surface area contributed by atoms with Crippen LogP contribution in [0, 0.1) is 0 Å². The Labute approximate surface area is 117 Å². The van der Waals surface area contributed by atoms with Gasteiger partial charge in [0.1, 0.15) is 5.75 Å². The van der Waals surface area contributed by atoms with Crippen molar-refractivity contribution in [2.45, 2.75) is 12.2 Å². The molecule has 0 radical (unpaired) electrons. The largest absolute Gasteiger partial charge is 0.506 e. The molecule has 1 aliphatic heterocycles. The van der Waals surface area contributed by atoms with Crippen LogP contribution in [0.1, 0.15) is 12.0 Å². The molecule has 0 saturated carbocycles. The fraction of sp³-hybridized carbons (Fsp3) is 0.400. The van der Waals surface area contributed by atoms with Crippen molar-refractivity contribution >= 4 is 35.7 Å².